The molecule has 1 aliphatic heterocycles. The first-order chi connectivity index (χ1) is 13.4. The van der Waals surface area contributed by atoms with Crippen molar-refractivity contribution in [3.63, 3.8) is 0 Å². The number of carbonyl (C=O) groups excluding carboxylic acids is 2. The van der Waals surface area contributed by atoms with Crippen LogP contribution in [0.1, 0.15) is 25.7 Å². The van der Waals surface area contributed by atoms with E-state index in [1.165, 1.54) is 12.1 Å². The van der Waals surface area contributed by atoms with Gasteiger partial charge in [-0.3, -0.25) is 9.59 Å². The topological polar surface area (TPSA) is 91.5 Å². The minimum absolute atomic E-state index is 0.00501. The van der Waals surface area contributed by atoms with Gasteiger partial charge in [0.2, 0.25) is 5.91 Å². The fourth-order valence-electron chi connectivity index (χ4n) is 4.50. The highest BCUT2D eigenvalue weighted by molar-refractivity contribution is 6.30. The van der Waals surface area contributed by atoms with E-state index in [2.05, 4.69) is 21.3 Å². The summed E-state index contributed by atoms with van der Waals surface area (Å²) in [6, 6.07) is 4.45. The molecule has 1 atom stereocenters. The molecule has 2 bridgehead atoms. The van der Waals surface area contributed by atoms with Crippen LogP contribution in [0.3, 0.4) is 0 Å². The van der Waals surface area contributed by atoms with Crippen LogP contribution in [0.5, 0.6) is 5.75 Å². The van der Waals surface area contributed by atoms with Crippen LogP contribution in [0.15, 0.2) is 18.2 Å². The van der Waals surface area contributed by atoms with Gasteiger partial charge in [-0.25, -0.2) is 4.39 Å². The van der Waals surface area contributed by atoms with E-state index >= 15 is 0 Å². The predicted octanol–water partition coefficient (Wildman–Crippen LogP) is 0.922. The number of hydrogen-bond donors (Lipinski definition) is 4. The Morgan fingerprint density at radius 3 is 2.79 bits per heavy atom. The highest BCUT2D eigenvalue weighted by atomic mass is 35.5. The van der Waals surface area contributed by atoms with Crippen molar-refractivity contribution >= 4 is 23.4 Å². The highest BCUT2D eigenvalue weighted by Crippen LogP contribution is 2.67. The summed E-state index contributed by atoms with van der Waals surface area (Å²) < 4.78 is 18.7. The molecule has 0 aromatic heterocycles. The van der Waals surface area contributed by atoms with Crippen molar-refractivity contribution in [2.75, 3.05) is 26.4 Å². The number of halogens is 2. The first-order valence-corrected chi connectivity index (χ1v) is 9.89. The smallest absolute Gasteiger partial charge is 0.258 e. The van der Waals surface area contributed by atoms with Gasteiger partial charge in [-0.2, -0.15) is 0 Å². The number of hydrogen-bond acceptors (Lipinski definition) is 5. The van der Waals surface area contributed by atoms with Crippen molar-refractivity contribution in [2.24, 2.45) is 5.41 Å². The average Bonchev–Trinajstić information content (AvgIpc) is 3.11. The molecule has 4 aliphatic rings. The van der Waals surface area contributed by atoms with Crippen LogP contribution in [-0.2, 0) is 9.59 Å². The third kappa shape index (κ3) is 3.81. The summed E-state index contributed by atoms with van der Waals surface area (Å²) in [5, 5.41) is 12.5. The minimum Gasteiger partial charge on any atom is -0.484 e. The Morgan fingerprint density at radius 2 is 2.11 bits per heavy atom. The van der Waals surface area contributed by atoms with Gasteiger partial charge < -0.3 is 26.0 Å². The van der Waals surface area contributed by atoms with E-state index in [9.17, 15) is 14.0 Å². The zero-order chi connectivity index (χ0) is 19.8. The normalized spacial score (nSPS) is 30.1. The van der Waals surface area contributed by atoms with E-state index < -0.39 is 5.82 Å². The number of ether oxygens (including phenoxy) is 1. The SMILES string of the molecule is O=C(COc1ccc(Cl)c(F)c1)NC12CC(C(=O)NCCC3CNCN3)(C1)C2. The fraction of sp³-hybridized carbons (Fsp3) is 0.579. The molecule has 5 rings (SSSR count). The zero-order valence-electron chi connectivity index (χ0n) is 15.4. The monoisotopic (exact) mass is 410 g/mol. The number of carbonyl (C=O) groups is 2. The molecule has 152 valence electrons. The summed E-state index contributed by atoms with van der Waals surface area (Å²) in [6.07, 6.45) is 2.89. The molecule has 1 unspecified atom stereocenters. The van der Waals surface area contributed by atoms with Crippen LogP contribution in [0.4, 0.5) is 4.39 Å². The Bertz CT molecular complexity index is 765. The molecule has 9 heteroatoms. The van der Waals surface area contributed by atoms with Crippen LogP contribution in [0.2, 0.25) is 5.02 Å². The molecule has 0 radical (unpaired) electrons. The lowest BCUT2D eigenvalue weighted by Gasteiger charge is -2.69. The second kappa shape index (κ2) is 7.50. The van der Waals surface area contributed by atoms with Gasteiger partial charge in [-0.15, -0.1) is 0 Å². The Hall–Kier alpha value is -1.90. The molecule has 1 heterocycles. The molecular weight excluding hydrogens is 387 g/mol. The maximum absolute atomic E-state index is 13.4. The van der Waals surface area contributed by atoms with Gasteiger partial charge >= 0.3 is 0 Å². The fourth-order valence-corrected chi connectivity index (χ4v) is 4.61. The van der Waals surface area contributed by atoms with Crippen molar-refractivity contribution in [3.8, 4) is 5.75 Å². The van der Waals surface area contributed by atoms with Gasteiger partial charge in [0, 0.05) is 37.4 Å². The lowest BCUT2D eigenvalue weighted by Crippen LogP contribution is -2.78. The average molecular weight is 411 g/mol. The molecule has 3 saturated carbocycles. The van der Waals surface area contributed by atoms with Crippen molar-refractivity contribution in [2.45, 2.75) is 37.3 Å². The number of amides is 2. The summed E-state index contributed by atoms with van der Waals surface area (Å²) >= 11 is 5.62. The third-order valence-electron chi connectivity index (χ3n) is 5.86. The molecule has 7 nitrogen and oxygen atoms in total. The van der Waals surface area contributed by atoms with E-state index in [-0.39, 0.29) is 40.1 Å². The highest BCUT2D eigenvalue weighted by Gasteiger charge is 2.72. The van der Waals surface area contributed by atoms with Gasteiger partial charge in [-0.05, 0) is 37.8 Å². The molecule has 3 aliphatic carbocycles. The summed E-state index contributed by atoms with van der Waals surface area (Å²) in [5.74, 6) is -0.532. The Morgan fingerprint density at radius 1 is 1.32 bits per heavy atom. The molecule has 1 saturated heterocycles. The van der Waals surface area contributed by atoms with Crippen molar-refractivity contribution in [1.29, 1.82) is 0 Å². The molecule has 1 aromatic rings. The Labute approximate surface area is 167 Å². The van der Waals surface area contributed by atoms with Crippen LogP contribution in [0.25, 0.3) is 0 Å². The van der Waals surface area contributed by atoms with E-state index in [1.807, 2.05) is 0 Å². The van der Waals surface area contributed by atoms with Crippen LogP contribution < -0.4 is 26.0 Å². The lowest BCUT2D eigenvalue weighted by atomic mass is 9.39. The van der Waals surface area contributed by atoms with Crippen molar-refractivity contribution < 1.29 is 18.7 Å². The second-order valence-electron chi connectivity index (χ2n) is 8.08. The summed E-state index contributed by atoms with van der Waals surface area (Å²) in [5.41, 5.74) is -0.616. The van der Waals surface area contributed by atoms with E-state index in [1.54, 1.807) is 0 Å². The van der Waals surface area contributed by atoms with Gasteiger partial charge in [0.15, 0.2) is 6.61 Å². The quantitative estimate of drug-likeness (QED) is 0.511. The van der Waals surface area contributed by atoms with Gasteiger partial charge in [0.05, 0.1) is 10.4 Å². The Balaban J connectivity index is 1.16. The maximum atomic E-state index is 13.4. The van der Waals surface area contributed by atoms with Crippen LogP contribution in [0, 0.1) is 11.2 Å². The minimum atomic E-state index is -0.591. The van der Waals surface area contributed by atoms with E-state index in [0.29, 0.717) is 31.8 Å². The summed E-state index contributed by atoms with van der Waals surface area (Å²) in [6.45, 7) is 2.21. The number of benzene rings is 1. The molecule has 4 fully saturated rings. The molecule has 28 heavy (non-hydrogen) atoms. The van der Waals surface area contributed by atoms with Gasteiger partial charge in [0.1, 0.15) is 11.6 Å². The molecular formula is C19H24ClFN4O3. The van der Waals surface area contributed by atoms with E-state index in [4.69, 9.17) is 16.3 Å². The Kier molecular flexibility index (Phi) is 5.20. The molecule has 2 amide bonds. The number of rotatable bonds is 8. The van der Waals surface area contributed by atoms with E-state index in [0.717, 1.165) is 25.7 Å². The molecule has 1 aromatic carbocycles. The molecule has 4 N–H and O–H groups in total. The standard InChI is InChI=1S/C19H24ClFN4O3/c20-14-2-1-13(5-15(14)21)28-7-16(26)25-19-8-18(9-19,10-19)17(27)23-4-3-12-6-22-11-24-12/h1-2,5,12,22,24H,3-4,6-11H2,(H,23,27)(H,25,26). The van der Waals surface area contributed by atoms with Crippen LogP contribution in [-0.4, -0.2) is 49.8 Å². The number of nitrogens with one attached hydrogen (secondary N) is 4. The predicted molar refractivity (Wildman–Crippen MR) is 101 cm³/mol. The lowest BCUT2D eigenvalue weighted by molar-refractivity contribution is -0.183. The van der Waals surface area contributed by atoms with Gasteiger partial charge in [-0.1, -0.05) is 11.6 Å². The third-order valence-corrected chi connectivity index (χ3v) is 6.17. The van der Waals surface area contributed by atoms with Crippen molar-refractivity contribution in [3.05, 3.63) is 29.0 Å². The summed E-state index contributed by atoms with van der Waals surface area (Å²) in [4.78, 5) is 24.6. The largest absolute Gasteiger partial charge is 0.484 e. The second-order valence-corrected chi connectivity index (χ2v) is 8.49. The zero-order valence-corrected chi connectivity index (χ0v) is 16.2. The summed E-state index contributed by atoms with van der Waals surface area (Å²) in [7, 11) is 0. The van der Waals surface area contributed by atoms with Crippen LogP contribution >= 0.6 is 11.6 Å². The molecule has 0 spiro atoms. The maximum Gasteiger partial charge on any atom is 0.258 e. The van der Waals surface area contributed by atoms with Crippen molar-refractivity contribution in [1.82, 2.24) is 21.3 Å². The first kappa shape index (κ1) is 19.4. The first-order valence-electron chi connectivity index (χ1n) is 9.51. The van der Waals surface area contributed by atoms with Gasteiger partial charge in [0.25, 0.3) is 5.91 Å².